The van der Waals surface area contributed by atoms with E-state index < -0.39 is 0 Å². The Bertz CT molecular complexity index is 481. The molecule has 0 aliphatic rings. The molecule has 0 unspecified atom stereocenters. The fourth-order valence-electron chi connectivity index (χ4n) is 1.32. The lowest BCUT2D eigenvalue weighted by molar-refractivity contribution is 0.520. The van der Waals surface area contributed by atoms with Gasteiger partial charge < -0.3 is 10.2 Å². The SMILES string of the molecule is NCc1ccc(-c2cc(Cl)ccc2F)o1. The quantitative estimate of drug-likeness (QED) is 0.853. The van der Waals surface area contributed by atoms with E-state index in [1.54, 1.807) is 12.1 Å². The molecule has 0 fully saturated rings. The van der Waals surface area contributed by atoms with Crippen molar-refractivity contribution >= 4 is 11.6 Å². The van der Waals surface area contributed by atoms with Crippen LogP contribution in [0.1, 0.15) is 5.76 Å². The predicted molar refractivity (Wildman–Crippen MR) is 57.0 cm³/mol. The van der Waals surface area contributed by atoms with Crippen LogP contribution in [0, 0.1) is 5.82 Å². The van der Waals surface area contributed by atoms with Crippen molar-refractivity contribution in [3.05, 3.63) is 46.9 Å². The molecule has 0 amide bonds. The average Bonchev–Trinajstić information content (AvgIpc) is 2.70. The first-order valence-electron chi connectivity index (χ1n) is 4.45. The molecule has 2 rings (SSSR count). The lowest BCUT2D eigenvalue weighted by Gasteiger charge is -1.99. The minimum atomic E-state index is -0.364. The number of benzene rings is 1. The van der Waals surface area contributed by atoms with Gasteiger partial charge >= 0.3 is 0 Å². The van der Waals surface area contributed by atoms with E-state index in [1.807, 2.05) is 0 Å². The van der Waals surface area contributed by atoms with Crippen molar-refractivity contribution in [2.24, 2.45) is 5.73 Å². The van der Waals surface area contributed by atoms with E-state index in [0.717, 1.165) is 0 Å². The third-order valence-corrected chi connectivity index (χ3v) is 2.29. The Labute approximate surface area is 91.5 Å². The minimum Gasteiger partial charge on any atom is -0.460 e. The van der Waals surface area contributed by atoms with Crippen LogP contribution in [-0.2, 0) is 6.54 Å². The standard InChI is InChI=1S/C11H9ClFNO/c12-7-1-3-10(13)9(5-7)11-4-2-8(6-14)15-11/h1-5H,6,14H2. The second kappa shape index (κ2) is 4.04. The lowest BCUT2D eigenvalue weighted by atomic mass is 10.1. The maximum absolute atomic E-state index is 13.4. The van der Waals surface area contributed by atoms with Crippen LogP contribution in [0.4, 0.5) is 4.39 Å². The number of hydrogen-bond acceptors (Lipinski definition) is 2. The molecule has 0 saturated carbocycles. The van der Waals surface area contributed by atoms with Crippen LogP contribution in [0.5, 0.6) is 0 Å². The normalized spacial score (nSPS) is 10.6. The molecule has 0 radical (unpaired) electrons. The second-order valence-electron chi connectivity index (χ2n) is 3.09. The van der Waals surface area contributed by atoms with E-state index >= 15 is 0 Å². The zero-order valence-corrected chi connectivity index (χ0v) is 8.59. The summed E-state index contributed by atoms with van der Waals surface area (Å²) in [4.78, 5) is 0. The smallest absolute Gasteiger partial charge is 0.137 e. The van der Waals surface area contributed by atoms with Crippen LogP contribution >= 0.6 is 11.6 Å². The first kappa shape index (κ1) is 10.2. The molecular weight excluding hydrogens is 217 g/mol. The van der Waals surface area contributed by atoms with Gasteiger partial charge in [-0.15, -0.1) is 0 Å². The molecule has 15 heavy (non-hydrogen) atoms. The second-order valence-corrected chi connectivity index (χ2v) is 3.53. The third-order valence-electron chi connectivity index (χ3n) is 2.06. The predicted octanol–water partition coefficient (Wildman–Crippen LogP) is 3.20. The Morgan fingerprint density at radius 1 is 1.27 bits per heavy atom. The van der Waals surface area contributed by atoms with Gasteiger partial charge in [0, 0.05) is 5.02 Å². The van der Waals surface area contributed by atoms with Gasteiger partial charge in [0.15, 0.2) is 0 Å². The molecular formula is C11H9ClFNO. The van der Waals surface area contributed by atoms with Gasteiger partial charge in [0.05, 0.1) is 12.1 Å². The summed E-state index contributed by atoms with van der Waals surface area (Å²) < 4.78 is 18.7. The molecule has 1 heterocycles. The number of rotatable bonds is 2. The van der Waals surface area contributed by atoms with E-state index in [0.29, 0.717) is 28.7 Å². The van der Waals surface area contributed by atoms with Crippen molar-refractivity contribution in [3.63, 3.8) is 0 Å². The Balaban J connectivity index is 2.48. The molecule has 0 spiro atoms. The highest BCUT2D eigenvalue weighted by molar-refractivity contribution is 6.30. The molecule has 2 N–H and O–H groups in total. The molecule has 1 aromatic heterocycles. The minimum absolute atomic E-state index is 0.294. The summed E-state index contributed by atoms with van der Waals surface area (Å²) in [7, 11) is 0. The lowest BCUT2D eigenvalue weighted by Crippen LogP contribution is -1.92. The van der Waals surface area contributed by atoms with Crippen LogP contribution in [-0.4, -0.2) is 0 Å². The van der Waals surface area contributed by atoms with Crippen molar-refractivity contribution in [1.82, 2.24) is 0 Å². The van der Waals surface area contributed by atoms with Crippen molar-refractivity contribution < 1.29 is 8.81 Å². The van der Waals surface area contributed by atoms with E-state index in [-0.39, 0.29) is 5.82 Å². The summed E-state index contributed by atoms with van der Waals surface area (Å²) in [6.45, 7) is 0.294. The monoisotopic (exact) mass is 225 g/mol. The maximum Gasteiger partial charge on any atom is 0.137 e. The van der Waals surface area contributed by atoms with E-state index in [4.69, 9.17) is 21.8 Å². The van der Waals surface area contributed by atoms with Crippen molar-refractivity contribution in [1.29, 1.82) is 0 Å². The number of hydrogen-bond donors (Lipinski definition) is 1. The molecule has 78 valence electrons. The van der Waals surface area contributed by atoms with Gasteiger partial charge in [0.2, 0.25) is 0 Å². The molecule has 0 saturated heterocycles. The number of furan rings is 1. The Morgan fingerprint density at radius 3 is 2.73 bits per heavy atom. The van der Waals surface area contributed by atoms with Gasteiger partial charge in [-0.2, -0.15) is 0 Å². The summed E-state index contributed by atoms with van der Waals surface area (Å²) in [5, 5.41) is 0.470. The number of halogens is 2. The Hall–Kier alpha value is -1.32. The summed E-state index contributed by atoms with van der Waals surface area (Å²) in [5.74, 6) is 0.692. The van der Waals surface area contributed by atoms with Gasteiger partial charge in [-0.05, 0) is 30.3 Å². The average molecular weight is 226 g/mol. The molecule has 0 bridgehead atoms. The van der Waals surface area contributed by atoms with E-state index in [2.05, 4.69) is 0 Å². The van der Waals surface area contributed by atoms with E-state index in [1.165, 1.54) is 18.2 Å². The van der Waals surface area contributed by atoms with Crippen molar-refractivity contribution in [2.75, 3.05) is 0 Å². The summed E-state index contributed by atoms with van der Waals surface area (Å²) in [6.07, 6.45) is 0. The van der Waals surface area contributed by atoms with Gasteiger partial charge in [0.25, 0.3) is 0 Å². The molecule has 4 heteroatoms. The van der Waals surface area contributed by atoms with Crippen LogP contribution in [0.15, 0.2) is 34.7 Å². The summed E-state index contributed by atoms with van der Waals surface area (Å²) in [6, 6.07) is 7.72. The third kappa shape index (κ3) is 2.03. The number of nitrogens with two attached hydrogens (primary N) is 1. The molecule has 1 aromatic carbocycles. The van der Waals surface area contributed by atoms with Crippen LogP contribution < -0.4 is 5.73 Å². The van der Waals surface area contributed by atoms with Gasteiger partial charge in [0.1, 0.15) is 17.3 Å². The molecule has 0 aliphatic heterocycles. The molecule has 2 nitrogen and oxygen atoms in total. The highest BCUT2D eigenvalue weighted by atomic mass is 35.5. The van der Waals surface area contributed by atoms with E-state index in [9.17, 15) is 4.39 Å². The topological polar surface area (TPSA) is 39.2 Å². The van der Waals surface area contributed by atoms with Crippen molar-refractivity contribution in [3.8, 4) is 11.3 Å². The molecule has 0 aliphatic carbocycles. The Kier molecular flexibility index (Phi) is 2.75. The molecule has 0 atom stereocenters. The zero-order chi connectivity index (χ0) is 10.8. The largest absolute Gasteiger partial charge is 0.460 e. The van der Waals surface area contributed by atoms with Crippen LogP contribution in [0.25, 0.3) is 11.3 Å². The zero-order valence-electron chi connectivity index (χ0n) is 7.84. The highest BCUT2D eigenvalue weighted by Crippen LogP contribution is 2.27. The first-order valence-corrected chi connectivity index (χ1v) is 4.82. The van der Waals surface area contributed by atoms with Crippen LogP contribution in [0.3, 0.4) is 0 Å². The fourth-order valence-corrected chi connectivity index (χ4v) is 1.49. The fraction of sp³-hybridized carbons (Fsp3) is 0.0909. The first-order chi connectivity index (χ1) is 7.20. The maximum atomic E-state index is 13.4. The van der Waals surface area contributed by atoms with Gasteiger partial charge in [-0.25, -0.2) is 4.39 Å². The summed E-state index contributed by atoms with van der Waals surface area (Å²) >= 11 is 5.77. The van der Waals surface area contributed by atoms with Crippen LogP contribution in [0.2, 0.25) is 5.02 Å². The Morgan fingerprint density at radius 2 is 2.07 bits per heavy atom. The van der Waals surface area contributed by atoms with Crippen molar-refractivity contribution in [2.45, 2.75) is 6.54 Å². The highest BCUT2D eigenvalue weighted by Gasteiger charge is 2.09. The molecule has 2 aromatic rings. The van der Waals surface area contributed by atoms with Gasteiger partial charge in [-0.1, -0.05) is 11.6 Å². The summed E-state index contributed by atoms with van der Waals surface area (Å²) in [5.41, 5.74) is 5.74. The van der Waals surface area contributed by atoms with Gasteiger partial charge in [-0.3, -0.25) is 0 Å².